The van der Waals surface area contributed by atoms with Gasteiger partial charge in [-0.15, -0.1) is 0 Å². The summed E-state index contributed by atoms with van der Waals surface area (Å²) in [6, 6.07) is 8.60. The van der Waals surface area contributed by atoms with Crippen molar-refractivity contribution in [3.8, 4) is 11.5 Å². The van der Waals surface area contributed by atoms with Crippen molar-refractivity contribution in [3.63, 3.8) is 0 Å². The highest BCUT2D eigenvalue weighted by molar-refractivity contribution is 6.27. The fraction of sp³-hybridized carbons (Fsp3) is 0.462. The van der Waals surface area contributed by atoms with Crippen LogP contribution in [0.15, 0.2) is 58.7 Å². The zero-order valence-electron chi connectivity index (χ0n) is 27.7. The van der Waals surface area contributed by atoms with Gasteiger partial charge in [-0.05, 0) is 128 Å². The van der Waals surface area contributed by atoms with E-state index in [0.717, 1.165) is 66.8 Å². The van der Waals surface area contributed by atoms with Gasteiger partial charge in [0.05, 0.1) is 0 Å². The Balaban J connectivity index is 2.11. The molecule has 0 unspecified atom stereocenters. The Bertz CT molecular complexity index is 1380. The zero-order chi connectivity index (χ0) is 31.4. The molecule has 224 valence electrons. The number of aromatic hydroxyl groups is 2. The number of Topliss-reactive ketones (excluding diaryl/α,β-unsaturated/α-hetero) is 1. The second kappa shape index (κ2) is 11.7. The molecule has 0 saturated carbocycles. The van der Waals surface area contributed by atoms with Gasteiger partial charge < -0.3 is 10.2 Å². The van der Waals surface area contributed by atoms with Crippen molar-refractivity contribution >= 4 is 16.9 Å². The van der Waals surface area contributed by atoms with Crippen molar-refractivity contribution in [2.45, 2.75) is 107 Å². The summed E-state index contributed by atoms with van der Waals surface area (Å²) in [5, 5.41) is 22.4. The van der Waals surface area contributed by atoms with Crippen molar-refractivity contribution in [3.05, 3.63) is 92.1 Å². The van der Waals surface area contributed by atoms with Gasteiger partial charge in [0.2, 0.25) is 0 Å². The molecular weight excluding hydrogens is 516 g/mol. The molecule has 0 spiro atoms. The van der Waals surface area contributed by atoms with Gasteiger partial charge in [-0.3, -0.25) is 4.79 Å². The van der Waals surface area contributed by atoms with Crippen LogP contribution in [-0.2, 0) is 4.79 Å². The van der Waals surface area contributed by atoms with E-state index in [-0.39, 0.29) is 41.3 Å². The van der Waals surface area contributed by atoms with Crippen molar-refractivity contribution in [2.75, 3.05) is 0 Å². The summed E-state index contributed by atoms with van der Waals surface area (Å²) in [4.78, 5) is 13.4. The number of carbonyl (C=O) groups is 1. The van der Waals surface area contributed by atoms with E-state index < -0.39 is 0 Å². The predicted molar refractivity (Wildman–Crippen MR) is 177 cm³/mol. The monoisotopic (exact) mass is 566 g/mol. The molecule has 0 radical (unpaired) electrons. The van der Waals surface area contributed by atoms with Crippen molar-refractivity contribution < 1.29 is 15.0 Å². The molecule has 3 heteroatoms. The third kappa shape index (κ3) is 5.68. The fourth-order valence-corrected chi connectivity index (χ4v) is 6.14. The SMILES string of the molecule is CC(C)C1=CC(=C2C(c3cc(C(C)C)c(O)c(C(C)C)c3)=C2c2cc(C(C)C)c(O)c(C(C)C)c2)C=C(C(C)C)C1=O. The highest BCUT2D eigenvalue weighted by Crippen LogP contribution is 2.57. The lowest BCUT2D eigenvalue weighted by atomic mass is 9.82. The van der Waals surface area contributed by atoms with E-state index in [0.29, 0.717) is 11.5 Å². The molecule has 2 aliphatic carbocycles. The van der Waals surface area contributed by atoms with Gasteiger partial charge in [-0.1, -0.05) is 83.1 Å². The van der Waals surface area contributed by atoms with Gasteiger partial charge in [0.1, 0.15) is 11.5 Å². The quantitative estimate of drug-likeness (QED) is 0.334. The van der Waals surface area contributed by atoms with Gasteiger partial charge in [0, 0.05) is 11.1 Å². The van der Waals surface area contributed by atoms with Crippen molar-refractivity contribution in [2.24, 2.45) is 11.8 Å². The van der Waals surface area contributed by atoms with E-state index in [1.54, 1.807) is 0 Å². The van der Waals surface area contributed by atoms with Gasteiger partial charge in [0.25, 0.3) is 0 Å². The number of benzene rings is 2. The van der Waals surface area contributed by atoms with Gasteiger partial charge in [-0.25, -0.2) is 0 Å². The topological polar surface area (TPSA) is 57.5 Å². The Morgan fingerprint density at radius 1 is 0.452 bits per heavy atom. The Morgan fingerprint density at radius 2 is 0.738 bits per heavy atom. The van der Waals surface area contributed by atoms with Crippen LogP contribution in [-0.4, -0.2) is 16.0 Å². The lowest BCUT2D eigenvalue weighted by Gasteiger charge is -2.21. The molecule has 4 rings (SSSR count). The second-order valence-corrected chi connectivity index (χ2v) is 14.0. The van der Waals surface area contributed by atoms with Crippen LogP contribution < -0.4 is 0 Å². The standard InChI is InChI=1S/C39H50O3/c1-19(2)28-13-25(14-29(20(3)4)37(28)40)34-35(26-15-30(21(5)6)38(41)31(16-26)22(7)8)36(34)27-17-32(23(9)10)39(42)33(18-27)24(11)12/h13-24,40-41H,1-12H3. The molecule has 0 bridgehead atoms. The molecule has 0 aromatic heterocycles. The molecule has 0 fully saturated rings. The van der Waals surface area contributed by atoms with Crippen molar-refractivity contribution in [1.29, 1.82) is 0 Å². The first-order valence-electron chi connectivity index (χ1n) is 15.8. The molecule has 2 N–H and O–H groups in total. The first kappa shape index (κ1) is 31.6. The number of ketones is 1. The summed E-state index contributed by atoms with van der Waals surface area (Å²) in [5.41, 5.74) is 12.2. The third-order valence-electron chi connectivity index (χ3n) is 8.77. The number of hydrogen-bond donors (Lipinski definition) is 2. The number of carbonyl (C=O) groups excluding carboxylic acids is 1. The summed E-state index contributed by atoms with van der Waals surface area (Å²) in [6.45, 7) is 25.3. The molecule has 0 amide bonds. The van der Waals surface area contributed by atoms with Gasteiger partial charge in [-0.2, -0.15) is 0 Å². The Morgan fingerprint density at radius 3 is 0.976 bits per heavy atom. The maximum atomic E-state index is 13.4. The molecule has 2 aromatic rings. The molecule has 0 heterocycles. The molecule has 2 aliphatic rings. The minimum Gasteiger partial charge on any atom is -0.507 e. The van der Waals surface area contributed by atoms with E-state index in [1.165, 1.54) is 0 Å². The van der Waals surface area contributed by atoms with Crippen LogP contribution in [0.3, 0.4) is 0 Å². The number of phenols is 2. The minimum absolute atomic E-state index is 0.115. The maximum absolute atomic E-state index is 13.4. The number of rotatable bonds is 8. The molecule has 2 aromatic carbocycles. The molecule has 42 heavy (non-hydrogen) atoms. The first-order valence-corrected chi connectivity index (χ1v) is 15.8. The van der Waals surface area contributed by atoms with E-state index in [1.807, 2.05) is 0 Å². The lowest BCUT2D eigenvalue weighted by Crippen LogP contribution is -2.18. The number of phenolic OH excluding ortho intramolecular Hbond substituents is 2. The van der Waals surface area contributed by atoms with Crippen molar-refractivity contribution in [1.82, 2.24) is 0 Å². The van der Waals surface area contributed by atoms with E-state index in [2.05, 4.69) is 120 Å². The molecule has 0 saturated heterocycles. The average molecular weight is 567 g/mol. The third-order valence-corrected chi connectivity index (χ3v) is 8.77. The minimum atomic E-state index is 0.115. The second-order valence-electron chi connectivity index (χ2n) is 14.0. The summed E-state index contributed by atoms with van der Waals surface area (Å²) in [5.74, 6) is 1.83. The summed E-state index contributed by atoms with van der Waals surface area (Å²) < 4.78 is 0. The summed E-state index contributed by atoms with van der Waals surface area (Å²) >= 11 is 0. The average Bonchev–Trinajstić information content (AvgIpc) is 3.63. The van der Waals surface area contributed by atoms with Crippen LogP contribution in [0.2, 0.25) is 0 Å². The Labute approximate surface area is 253 Å². The smallest absolute Gasteiger partial charge is 0.185 e. The van der Waals surface area contributed by atoms with Crippen LogP contribution in [0.1, 0.15) is 140 Å². The van der Waals surface area contributed by atoms with Crippen LogP contribution in [0.25, 0.3) is 11.1 Å². The van der Waals surface area contributed by atoms with E-state index >= 15 is 0 Å². The molecule has 0 aliphatic heterocycles. The predicted octanol–water partition coefficient (Wildman–Crippen LogP) is 10.6. The lowest BCUT2D eigenvalue weighted by molar-refractivity contribution is -0.113. The number of allylic oxidation sites excluding steroid dienone is 8. The van der Waals surface area contributed by atoms with Crippen LogP contribution in [0.4, 0.5) is 0 Å². The first-order chi connectivity index (χ1) is 19.6. The fourth-order valence-electron chi connectivity index (χ4n) is 6.14. The summed E-state index contributed by atoms with van der Waals surface area (Å²) in [6.07, 6.45) is 4.20. The molecule has 0 atom stereocenters. The van der Waals surface area contributed by atoms with Gasteiger partial charge in [0.15, 0.2) is 5.78 Å². The van der Waals surface area contributed by atoms with Crippen LogP contribution >= 0.6 is 0 Å². The normalized spacial score (nSPS) is 15.8. The zero-order valence-corrected chi connectivity index (χ0v) is 27.7. The number of hydrogen-bond acceptors (Lipinski definition) is 3. The van der Waals surface area contributed by atoms with Crippen LogP contribution in [0.5, 0.6) is 11.5 Å². The highest BCUT2D eigenvalue weighted by atomic mass is 16.3. The van der Waals surface area contributed by atoms with E-state index in [9.17, 15) is 15.0 Å². The summed E-state index contributed by atoms with van der Waals surface area (Å²) in [7, 11) is 0. The van der Waals surface area contributed by atoms with Crippen LogP contribution in [0, 0.1) is 11.8 Å². The molecule has 3 nitrogen and oxygen atoms in total. The maximum Gasteiger partial charge on any atom is 0.185 e. The Kier molecular flexibility index (Phi) is 8.84. The van der Waals surface area contributed by atoms with E-state index in [4.69, 9.17) is 0 Å². The Hall–Kier alpha value is -3.33. The molecular formula is C39H50O3. The largest absolute Gasteiger partial charge is 0.507 e. The highest BCUT2D eigenvalue weighted by Gasteiger charge is 2.38. The van der Waals surface area contributed by atoms with Gasteiger partial charge >= 0.3 is 0 Å².